The van der Waals surface area contributed by atoms with E-state index in [1.807, 2.05) is 0 Å². The monoisotopic (exact) mass is 336 g/mol. The van der Waals surface area contributed by atoms with Gasteiger partial charge in [-0.25, -0.2) is 8.78 Å². The number of fused-ring (bicyclic) bond motifs is 1. The standard InChI is InChI=1S/C18H22F2N2O2/c19-13-4-1-11(9-14(13)20)10-22-8-7-16-15(22)5-6-17(24-16)18(23)21-12-2-3-12/h1,4,9,12,15-17H,2-3,5-8,10H2,(H,21,23)/t15-,16-,17-/m0/s1. The van der Waals surface area contributed by atoms with E-state index in [1.165, 1.54) is 12.1 Å². The highest BCUT2D eigenvalue weighted by molar-refractivity contribution is 5.81. The second-order valence-corrected chi connectivity index (χ2v) is 7.10. The average molecular weight is 336 g/mol. The Morgan fingerprint density at radius 3 is 2.75 bits per heavy atom. The molecule has 2 aliphatic heterocycles. The third-order valence-corrected chi connectivity index (χ3v) is 5.25. The smallest absolute Gasteiger partial charge is 0.249 e. The van der Waals surface area contributed by atoms with Crippen LogP contribution in [-0.2, 0) is 16.1 Å². The number of hydrogen-bond donors (Lipinski definition) is 1. The van der Waals surface area contributed by atoms with Gasteiger partial charge in [0.1, 0.15) is 6.10 Å². The summed E-state index contributed by atoms with van der Waals surface area (Å²) in [6, 6.07) is 4.67. The Morgan fingerprint density at radius 1 is 1.17 bits per heavy atom. The van der Waals surface area contributed by atoms with Crippen molar-refractivity contribution in [1.29, 1.82) is 0 Å². The molecule has 3 atom stereocenters. The van der Waals surface area contributed by atoms with E-state index in [1.54, 1.807) is 6.07 Å². The number of amides is 1. The van der Waals surface area contributed by atoms with Crippen LogP contribution < -0.4 is 5.32 Å². The van der Waals surface area contributed by atoms with Crippen LogP contribution in [0.5, 0.6) is 0 Å². The fourth-order valence-electron chi connectivity index (χ4n) is 3.80. The van der Waals surface area contributed by atoms with Crippen molar-refractivity contribution in [3.05, 3.63) is 35.4 Å². The van der Waals surface area contributed by atoms with Gasteiger partial charge in [0, 0.05) is 25.2 Å². The summed E-state index contributed by atoms with van der Waals surface area (Å²) < 4.78 is 32.4. The fourth-order valence-corrected chi connectivity index (χ4v) is 3.80. The molecule has 1 aliphatic carbocycles. The van der Waals surface area contributed by atoms with Gasteiger partial charge < -0.3 is 10.1 Å². The Hall–Kier alpha value is -1.53. The van der Waals surface area contributed by atoms with Gasteiger partial charge >= 0.3 is 0 Å². The molecule has 1 N–H and O–H groups in total. The molecule has 0 unspecified atom stereocenters. The van der Waals surface area contributed by atoms with Crippen LogP contribution in [0.3, 0.4) is 0 Å². The largest absolute Gasteiger partial charge is 0.363 e. The van der Waals surface area contributed by atoms with Gasteiger partial charge in [0.2, 0.25) is 5.91 Å². The molecule has 2 heterocycles. The second-order valence-electron chi connectivity index (χ2n) is 7.10. The molecule has 3 fully saturated rings. The Kier molecular flexibility index (Phi) is 4.26. The molecule has 0 spiro atoms. The lowest BCUT2D eigenvalue weighted by Gasteiger charge is -2.35. The van der Waals surface area contributed by atoms with Crippen molar-refractivity contribution in [2.75, 3.05) is 6.54 Å². The first-order valence-corrected chi connectivity index (χ1v) is 8.74. The molecule has 24 heavy (non-hydrogen) atoms. The molecule has 4 rings (SSSR count). The first kappa shape index (κ1) is 16.0. The topological polar surface area (TPSA) is 41.6 Å². The molecule has 1 aromatic rings. The summed E-state index contributed by atoms with van der Waals surface area (Å²) in [5.74, 6) is -1.60. The third kappa shape index (κ3) is 3.30. The Bertz CT molecular complexity index is 635. The summed E-state index contributed by atoms with van der Waals surface area (Å²) in [7, 11) is 0. The van der Waals surface area contributed by atoms with Crippen molar-refractivity contribution < 1.29 is 18.3 Å². The zero-order valence-electron chi connectivity index (χ0n) is 13.5. The third-order valence-electron chi connectivity index (χ3n) is 5.25. The first-order chi connectivity index (χ1) is 11.6. The van der Waals surface area contributed by atoms with Crippen molar-refractivity contribution in [3.8, 4) is 0 Å². The van der Waals surface area contributed by atoms with E-state index >= 15 is 0 Å². The highest BCUT2D eigenvalue weighted by Gasteiger charge is 2.42. The SMILES string of the molecule is O=C(NC1CC1)[C@@H]1CC[C@H]2[C@H](CCN2Cc2ccc(F)c(F)c2)O1. The molecule has 3 aliphatic rings. The van der Waals surface area contributed by atoms with Crippen molar-refractivity contribution in [2.24, 2.45) is 0 Å². The van der Waals surface area contributed by atoms with Crippen LogP contribution in [0.4, 0.5) is 8.78 Å². The van der Waals surface area contributed by atoms with E-state index in [9.17, 15) is 13.6 Å². The highest BCUT2D eigenvalue weighted by Crippen LogP contribution is 2.33. The molecular formula is C18H22F2N2O2. The maximum atomic E-state index is 13.4. The number of ether oxygens (including phenoxy) is 1. The zero-order chi connectivity index (χ0) is 16.7. The summed E-state index contributed by atoms with van der Waals surface area (Å²) in [5.41, 5.74) is 0.767. The highest BCUT2D eigenvalue weighted by atomic mass is 19.2. The minimum atomic E-state index is -0.816. The van der Waals surface area contributed by atoms with Crippen LogP contribution in [0.2, 0.25) is 0 Å². The van der Waals surface area contributed by atoms with Gasteiger partial charge in [-0.2, -0.15) is 0 Å². The lowest BCUT2D eigenvalue weighted by atomic mass is 9.98. The Morgan fingerprint density at radius 2 is 2.00 bits per heavy atom. The van der Waals surface area contributed by atoms with E-state index in [0.29, 0.717) is 19.0 Å². The van der Waals surface area contributed by atoms with E-state index in [4.69, 9.17) is 4.74 Å². The second kappa shape index (κ2) is 6.41. The number of likely N-dealkylation sites (tertiary alicyclic amines) is 1. The molecule has 1 aromatic carbocycles. The number of benzene rings is 1. The predicted octanol–water partition coefficient (Wildman–Crippen LogP) is 2.37. The van der Waals surface area contributed by atoms with Gasteiger partial charge in [-0.3, -0.25) is 9.69 Å². The van der Waals surface area contributed by atoms with Crippen LogP contribution in [-0.4, -0.2) is 41.6 Å². The molecular weight excluding hydrogens is 314 g/mol. The maximum absolute atomic E-state index is 13.4. The Balaban J connectivity index is 1.35. The number of hydrogen-bond acceptors (Lipinski definition) is 3. The van der Waals surface area contributed by atoms with E-state index < -0.39 is 11.6 Å². The molecule has 6 heteroatoms. The van der Waals surface area contributed by atoms with Gasteiger partial charge in [0.05, 0.1) is 6.10 Å². The predicted molar refractivity (Wildman–Crippen MR) is 84.2 cm³/mol. The van der Waals surface area contributed by atoms with Gasteiger partial charge in [0.25, 0.3) is 0 Å². The van der Waals surface area contributed by atoms with Gasteiger partial charge in [-0.05, 0) is 49.8 Å². The molecule has 4 nitrogen and oxygen atoms in total. The van der Waals surface area contributed by atoms with Crippen LogP contribution >= 0.6 is 0 Å². The van der Waals surface area contributed by atoms with E-state index in [0.717, 1.165) is 37.8 Å². The summed E-state index contributed by atoms with van der Waals surface area (Å²) >= 11 is 0. The minimum absolute atomic E-state index is 0.0232. The van der Waals surface area contributed by atoms with Gasteiger partial charge in [0.15, 0.2) is 11.6 Å². The van der Waals surface area contributed by atoms with Crippen LogP contribution in [0.1, 0.15) is 37.7 Å². The molecule has 0 bridgehead atoms. The number of nitrogens with one attached hydrogen (secondary N) is 1. The normalized spacial score (nSPS) is 30.2. The van der Waals surface area contributed by atoms with Crippen LogP contribution in [0, 0.1) is 11.6 Å². The number of carbonyl (C=O) groups excluding carboxylic acids is 1. The molecule has 0 radical (unpaired) electrons. The molecule has 1 amide bonds. The number of rotatable bonds is 4. The first-order valence-electron chi connectivity index (χ1n) is 8.74. The van der Waals surface area contributed by atoms with Crippen LogP contribution in [0.15, 0.2) is 18.2 Å². The number of halogens is 2. The average Bonchev–Trinajstić information content (AvgIpc) is 3.30. The summed E-state index contributed by atoms with van der Waals surface area (Å²) in [6.45, 7) is 1.44. The minimum Gasteiger partial charge on any atom is -0.363 e. The van der Waals surface area contributed by atoms with Crippen molar-refractivity contribution in [2.45, 2.75) is 62.9 Å². The van der Waals surface area contributed by atoms with Crippen molar-refractivity contribution in [3.63, 3.8) is 0 Å². The van der Waals surface area contributed by atoms with E-state index in [2.05, 4.69) is 10.2 Å². The molecule has 0 aromatic heterocycles. The quantitative estimate of drug-likeness (QED) is 0.918. The van der Waals surface area contributed by atoms with Crippen LogP contribution in [0.25, 0.3) is 0 Å². The number of carbonyl (C=O) groups is 1. The number of nitrogens with zero attached hydrogens (tertiary/aromatic N) is 1. The summed E-state index contributed by atoms with van der Waals surface area (Å²) in [5, 5.41) is 3.01. The summed E-state index contributed by atoms with van der Waals surface area (Å²) in [6.07, 6.45) is 4.36. The van der Waals surface area contributed by atoms with Crippen molar-refractivity contribution in [1.82, 2.24) is 10.2 Å². The molecule has 130 valence electrons. The van der Waals surface area contributed by atoms with Gasteiger partial charge in [-0.1, -0.05) is 6.07 Å². The zero-order valence-corrected chi connectivity index (χ0v) is 13.5. The lowest BCUT2D eigenvalue weighted by Crippen LogP contribution is -2.48. The maximum Gasteiger partial charge on any atom is 0.249 e. The van der Waals surface area contributed by atoms with Crippen molar-refractivity contribution >= 4 is 5.91 Å². The Labute approximate surface area is 140 Å². The summed E-state index contributed by atoms with van der Waals surface area (Å²) in [4.78, 5) is 14.4. The van der Waals surface area contributed by atoms with Gasteiger partial charge in [-0.15, -0.1) is 0 Å². The lowest BCUT2D eigenvalue weighted by molar-refractivity contribution is -0.144. The molecule has 1 saturated carbocycles. The fraction of sp³-hybridized carbons (Fsp3) is 0.611. The molecule has 2 saturated heterocycles. The van der Waals surface area contributed by atoms with E-state index in [-0.39, 0.29) is 24.2 Å².